The van der Waals surface area contributed by atoms with E-state index in [2.05, 4.69) is 21.2 Å². The molecule has 2 rings (SSSR count). The average molecular weight is 305 g/mol. The zero-order valence-electron chi connectivity index (χ0n) is 8.41. The van der Waals surface area contributed by atoms with Crippen molar-refractivity contribution in [2.75, 3.05) is 6.54 Å². The molecule has 1 aromatic rings. The van der Waals surface area contributed by atoms with Crippen LogP contribution in [0.2, 0.25) is 5.02 Å². The third-order valence-corrected chi connectivity index (χ3v) is 3.67. The summed E-state index contributed by atoms with van der Waals surface area (Å²) in [5, 5.41) is 12.7. The number of hydrogen-bond acceptors (Lipinski definition) is 2. The van der Waals surface area contributed by atoms with Gasteiger partial charge in [0, 0.05) is 15.4 Å². The highest BCUT2D eigenvalue weighted by atomic mass is 79.9. The summed E-state index contributed by atoms with van der Waals surface area (Å²) in [6.07, 6.45) is 0.804. The van der Waals surface area contributed by atoms with Gasteiger partial charge in [-0.05, 0) is 30.7 Å². The summed E-state index contributed by atoms with van der Waals surface area (Å²) in [5.74, 6) is -0.861. The summed E-state index contributed by atoms with van der Waals surface area (Å²) < 4.78 is 0.902. The third-order valence-electron chi connectivity index (χ3n) is 2.85. The zero-order valence-corrected chi connectivity index (χ0v) is 10.8. The van der Waals surface area contributed by atoms with Crippen LogP contribution < -0.4 is 5.32 Å². The molecule has 5 heteroatoms. The fourth-order valence-corrected chi connectivity index (χ4v) is 2.91. The summed E-state index contributed by atoms with van der Waals surface area (Å²) >= 11 is 9.46. The molecule has 0 saturated carbocycles. The fourth-order valence-electron chi connectivity index (χ4n) is 2.10. The molecule has 1 heterocycles. The first kappa shape index (κ1) is 11.9. The predicted molar refractivity (Wildman–Crippen MR) is 65.9 cm³/mol. The van der Waals surface area contributed by atoms with Gasteiger partial charge in [-0.3, -0.25) is 4.79 Å². The van der Waals surface area contributed by atoms with Crippen molar-refractivity contribution in [3.8, 4) is 0 Å². The highest BCUT2D eigenvalue weighted by molar-refractivity contribution is 9.10. The Hall–Kier alpha value is -0.580. The molecule has 1 aromatic carbocycles. The van der Waals surface area contributed by atoms with E-state index in [-0.39, 0.29) is 5.92 Å². The first-order valence-corrected chi connectivity index (χ1v) is 6.18. The Bertz CT molecular complexity index is 424. The van der Waals surface area contributed by atoms with Crippen LogP contribution >= 0.6 is 27.5 Å². The van der Waals surface area contributed by atoms with E-state index in [0.29, 0.717) is 11.6 Å². The maximum absolute atomic E-state index is 11.0. The first-order valence-electron chi connectivity index (χ1n) is 5.00. The highest BCUT2D eigenvalue weighted by Crippen LogP contribution is 2.34. The number of benzene rings is 1. The number of rotatable bonds is 2. The Morgan fingerprint density at radius 2 is 2.31 bits per heavy atom. The lowest BCUT2D eigenvalue weighted by Gasteiger charge is -2.17. The maximum Gasteiger partial charge on any atom is 0.321 e. The maximum atomic E-state index is 11.0. The third kappa shape index (κ3) is 2.24. The number of nitrogens with one attached hydrogen (secondary N) is 1. The summed E-state index contributed by atoms with van der Waals surface area (Å²) in [6.45, 7) is 0.716. The second-order valence-corrected chi connectivity index (χ2v) is 5.15. The van der Waals surface area contributed by atoms with Crippen molar-refractivity contribution in [2.45, 2.75) is 18.4 Å². The molecule has 1 aliphatic rings. The topological polar surface area (TPSA) is 49.3 Å². The molecule has 2 unspecified atom stereocenters. The van der Waals surface area contributed by atoms with Gasteiger partial charge in [-0.2, -0.15) is 0 Å². The van der Waals surface area contributed by atoms with Crippen LogP contribution in [0.25, 0.3) is 0 Å². The van der Waals surface area contributed by atoms with E-state index in [9.17, 15) is 4.79 Å². The molecule has 1 fully saturated rings. The van der Waals surface area contributed by atoms with Gasteiger partial charge in [0.25, 0.3) is 0 Å². The monoisotopic (exact) mass is 303 g/mol. The molecule has 86 valence electrons. The highest BCUT2D eigenvalue weighted by Gasteiger charge is 2.34. The van der Waals surface area contributed by atoms with E-state index in [0.717, 1.165) is 16.5 Å². The Morgan fingerprint density at radius 3 is 2.94 bits per heavy atom. The lowest BCUT2D eigenvalue weighted by atomic mass is 9.92. The van der Waals surface area contributed by atoms with Crippen molar-refractivity contribution in [1.29, 1.82) is 0 Å². The van der Waals surface area contributed by atoms with Crippen LogP contribution in [0.1, 0.15) is 17.9 Å². The number of hydrogen-bond donors (Lipinski definition) is 2. The minimum absolute atomic E-state index is 0.0434. The predicted octanol–water partition coefficient (Wildman–Crippen LogP) is 2.63. The van der Waals surface area contributed by atoms with Crippen LogP contribution in [0.15, 0.2) is 22.7 Å². The fraction of sp³-hybridized carbons (Fsp3) is 0.364. The van der Waals surface area contributed by atoms with Crippen LogP contribution in [0.4, 0.5) is 0 Å². The molecule has 1 aliphatic heterocycles. The van der Waals surface area contributed by atoms with Crippen molar-refractivity contribution < 1.29 is 9.90 Å². The quantitative estimate of drug-likeness (QED) is 0.883. The Balaban J connectivity index is 2.32. The molecule has 1 saturated heterocycles. The van der Waals surface area contributed by atoms with Gasteiger partial charge in [0.1, 0.15) is 6.04 Å². The van der Waals surface area contributed by atoms with E-state index >= 15 is 0 Å². The van der Waals surface area contributed by atoms with E-state index < -0.39 is 12.0 Å². The molecule has 0 radical (unpaired) electrons. The van der Waals surface area contributed by atoms with Crippen molar-refractivity contribution in [3.63, 3.8) is 0 Å². The SMILES string of the molecule is O=C(O)C1NCCC1c1ccc(Br)cc1Cl. The summed E-state index contributed by atoms with van der Waals surface area (Å²) in [6, 6.07) is 5.05. The molecule has 0 aromatic heterocycles. The first-order chi connectivity index (χ1) is 7.59. The van der Waals surface area contributed by atoms with Crippen molar-refractivity contribution in [1.82, 2.24) is 5.32 Å². The van der Waals surface area contributed by atoms with E-state index in [1.165, 1.54) is 0 Å². The van der Waals surface area contributed by atoms with Gasteiger partial charge in [0.05, 0.1) is 0 Å². The number of carboxylic acids is 1. The molecular weight excluding hydrogens is 293 g/mol. The van der Waals surface area contributed by atoms with Gasteiger partial charge < -0.3 is 10.4 Å². The number of halogens is 2. The molecule has 2 N–H and O–H groups in total. The minimum atomic E-state index is -0.818. The Morgan fingerprint density at radius 1 is 1.56 bits per heavy atom. The second-order valence-electron chi connectivity index (χ2n) is 3.83. The van der Waals surface area contributed by atoms with E-state index in [1.54, 1.807) is 6.07 Å². The summed E-state index contributed by atoms with van der Waals surface area (Å²) in [4.78, 5) is 11.0. The van der Waals surface area contributed by atoms with Gasteiger partial charge in [-0.15, -0.1) is 0 Å². The molecule has 3 nitrogen and oxygen atoms in total. The second kappa shape index (κ2) is 4.73. The van der Waals surface area contributed by atoms with Crippen LogP contribution in [-0.2, 0) is 4.79 Å². The Labute approximate surface area is 107 Å². The Kier molecular flexibility index (Phi) is 3.52. The molecule has 2 atom stereocenters. The molecule has 0 spiro atoms. The van der Waals surface area contributed by atoms with Crippen LogP contribution in [0.3, 0.4) is 0 Å². The number of aliphatic carboxylic acids is 1. The van der Waals surface area contributed by atoms with E-state index in [1.807, 2.05) is 12.1 Å². The van der Waals surface area contributed by atoms with E-state index in [4.69, 9.17) is 16.7 Å². The number of carboxylic acid groups (broad SMARTS) is 1. The molecule has 0 aliphatic carbocycles. The molecule has 16 heavy (non-hydrogen) atoms. The molecule has 0 bridgehead atoms. The van der Waals surface area contributed by atoms with Gasteiger partial charge >= 0.3 is 5.97 Å². The van der Waals surface area contributed by atoms with Gasteiger partial charge in [0.2, 0.25) is 0 Å². The summed E-state index contributed by atoms with van der Waals surface area (Å²) in [7, 11) is 0. The van der Waals surface area contributed by atoms with Crippen molar-refractivity contribution in [2.24, 2.45) is 0 Å². The largest absolute Gasteiger partial charge is 0.480 e. The summed E-state index contributed by atoms with van der Waals surface area (Å²) in [5.41, 5.74) is 0.905. The van der Waals surface area contributed by atoms with Gasteiger partial charge in [-0.25, -0.2) is 0 Å². The van der Waals surface area contributed by atoms with Gasteiger partial charge in [0.15, 0.2) is 0 Å². The van der Waals surface area contributed by atoms with Crippen LogP contribution in [-0.4, -0.2) is 23.7 Å². The molecular formula is C11H11BrClNO2. The zero-order chi connectivity index (χ0) is 11.7. The standard InChI is InChI=1S/C11H11BrClNO2/c12-6-1-2-7(9(13)5-6)8-3-4-14-10(8)11(15)16/h1-2,5,8,10,14H,3-4H2,(H,15,16). The van der Waals surface area contributed by atoms with Crippen LogP contribution in [0, 0.1) is 0 Å². The minimum Gasteiger partial charge on any atom is -0.480 e. The number of carbonyl (C=O) groups is 1. The van der Waals surface area contributed by atoms with Crippen LogP contribution in [0.5, 0.6) is 0 Å². The lowest BCUT2D eigenvalue weighted by Crippen LogP contribution is -2.34. The van der Waals surface area contributed by atoms with Gasteiger partial charge in [-0.1, -0.05) is 33.6 Å². The lowest BCUT2D eigenvalue weighted by molar-refractivity contribution is -0.139. The van der Waals surface area contributed by atoms with Crippen molar-refractivity contribution in [3.05, 3.63) is 33.3 Å². The van der Waals surface area contributed by atoms with Crippen molar-refractivity contribution >= 4 is 33.5 Å². The normalized spacial score (nSPS) is 24.6. The molecule has 0 amide bonds. The smallest absolute Gasteiger partial charge is 0.321 e. The average Bonchev–Trinajstić information content (AvgIpc) is 2.66.